The van der Waals surface area contributed by atoms with Gasteiger partial charge in [0.2, 0.25) is 0 Å². The number of carbonyl (C=O) groups excluding carboxylic acids is 1. The molecule has 2 heterocycles. The van der Waals surface area contributed by atoms with Gasteiger partial charge in [-0.3, -0.25) is 4.79 Å². The summed E-state index contributed by atoms with van der Waals surface area (Å²) in [5.41, 5.74) is 6.60. The van der Waals surface area contributed by atoms with Gasteiger partial charge in [0.05, 0.1) is 5.69 Å². The fourth-order valence-corrected chi connectivity index (χ4v) is 3.75. The van der Waals surface area contributed by atoms with Gasteiger partial charge < -0.3 is 10.6 Å². The largest absolute Gasteiger partial charge is 0.397 e. The van der Waals surface area contributed by atoms with Gasteiger partial charge in [-0.05, 0) is 30.0 Å². The van der Waals surface area contributed by atoms with Gasteiger partial charge in [-0.15, -0.1) is 11.3 Å². The molecular formula is C15H17FN2OS. The lowest BCUT2D eigenvalue weighted by atomic mass is 9.93. The van der Waals surface area contributed by atoms with E-state index in [-0.39, 0.29) is 17.1 Å². The zero-order valence-electron chi connectivity index (χ0n) is 11.6. The highest BCUT2D eigenvalue weighted by Crippen LogP contribution is 2.37. The first kappa shape index (κ1) is 13.4. The number of benzene rings is 1. The lowest BCUT2D eigenvalue weighted by Gasteiger charge is -2.19. The molecule has 1 saturated heterocycles. The molecule has 1 aromatic carbocycles. The van der Waals surface area contributed by atoms with E-state index in [2.05, 4.69) is 13.8 Å². The van der Waals surface area contributed by atoms with Crippen LogP contribution in [0, 0.1) is 11.2 Å². The van der Waals surface area contributed by atoms with Crippen LogP contribution in [-0.4, -0.2) is 23.9 Å². The number of rotatable bonds is 1. The fraction of sp³-hybridized carbons (Fsp3) is 0.400. The van der Waals surface area contributed by atoms with E-state index in [9.17, 15) is 9.18 Å². The Hall–Kier alpha value is -1.62. The van der Waals surface area contributed by atoms with Crippen molar-refractivity contribution in [3.63, 3.8) is 0 Å². The third-order valence-corrected chi connectivity index (χ3v) is 5.02. The van der Waals surface area contributed by atoms with E-state index < -0.39 is 0 Å². The van der Waals surface area contributed by atoms with Crippen LogP contribution < -0.4 is 5.73 Å². The highest BCUT2D eigenvalue weighted by molar-refractivity contribution is 7.21. The van der Waals surface area contributed by atoms with Gasteiger partial charge in [-0.2, -0.15) is 0 Å². The van der Waals surface area contributed by atoms with Crippen LogP contribution >= 0.6 is 11.3 Å². The SMILES string of the molecule is CC1(C)CCN(C(=O)c2sc3ccc(F)cc3c2N)C1. The molecular weight excluding hydrogens is 275 g/mol. The van der Waals surface area contributed by atoms with Gasteiger partial charge in [0.25, 0.3) is 5.91 Å². The zero-order chi connectivity index (χ0) is 14.5. The second kappa shape index (κ2) is 4.45. The van der Waals surface area contributed by atoms with Crippen molar-refractivity contribution in [3.8, 4) is 0 Å². The van der Waals surface area contributed by atoms with Crippen LogP contribution in [-0.2, 0) is 0 Å². The Balaban J connectivity index is 1.98. The summed E-state index contributed by atoms with van der Waals surface area (Å²) in [4.78, 5) is 14.9. The maximum Gasteiger partial charge on any atom is 0.266 e. The van der Waals surface area contributed by atoms with Gasteiger partial charge in [0.15, 0.2) is 0 Å². The normalized spacial score (nSPS) is 17.9. The first-order chi connectivity index (χ1) is 9.37. The van der Waals surface area contributed by atoms with Crippen LogP contribution in [0.3, 0.4) is 0 Å². The number of amides is 1. The molecule has 0 spiro atoms. The third-order valence-electron chi connectivity index (χ3n) is 3.85. The van der Waals surface area contributed by atoms with Crippen molar-refractivity contribution >= 4 is 33.0 Å². The molecule has 2 N–H and O–H groups in total. The van der Waals surface area contributed by atoms with E-state index >= 15 is 0 Å². The summed E-state index contributed by atoms with van der Waals surface area (Å²) < 4.78 is 14.1. The van der Waals surface area contributed by atoms with Crippen molar-refractivity contribution in [2.24, 2.45) is 5.41 Å². The van der Waals surface area contributed by atoms with E-state index in [1.807, 2.05) is 4.90 Å². The van der Waals surface area contributed by atoms with E-state index in [0.29, 0.717) is 16.0 Å². The van der Waals surface area contributed by atoms with Crippen molar-refractivity contribution in [3.05, 3.63) is 28.9 Å². The van der Waals surface area contributed by atoms with E-state index in [1.54, 1.807) is 6.07 Å². The quantitative estimate of drug-likeness (QED) is 0.874. The van der Waals surface area contributed by atoms with Crippen LogP contribution in [0.2, 0.25) is 0 Å². The van der Waals surface area contributed by atoms with Crippen LogP contribution in [0.4, 0.5) is 10.1 Å². The zero-order valence-corrected chi connectivity index (χ0v) is 12.4. The number of nitrogens with two attached hydrogens (primary N) is 1. The molecule has 106 valence electrons. The van der Waals surface area contributed by atoms with E-state index in [0.717, 1.165) is 24.2 Å². The van der Waals surface area contributed by atoms with Crippen LogP contribution in [0.25, 0.3) is 10.1 Å². The molecule has 1 fully saturated rings. The topological polar surface area (TPSA) is 46.3 Å². The molecule has 0 radical (unpaired) electrons. The summed E-state index contributed by atoms with van der Waals surface area (Å²) in [6, 6.07) is 4.47. The number of hydrogen-bond acceptors (Lipinski definition) is 3. The second-order valence-corrected chi connectivity index (χ2v) is 7.18. The molecule has 1 aromatic heterocycles. The van der Waals surface area contributed by atoms with Gasteiger partial charge in [-0.25, -0.2) is 4.39 Å². The molecule has 0 bridgehead atoms. The molecule has 0 unspecified atom stereocenters. The van der Waals surface area contributed by atoms with Crippen molar-refractivity contribution in [2.75, 3.05) is 18.8 Å². The Bertz CT molecular complexity index is 692. The lowest BCUT2D eigenvalue weighted by Crippen LogP contribution is -2.30. The summed E-state index contributed by atoms with van der Waals surface area (Å²) >= 11 is 1.34. The molecule has 3 nitrogen and oxygen atoms in total. The Kier molecular flexibility index (Phi) is 2.97. The lowest BCUT2D eigenvalue weighted by molar-refractivity contribution is 0.0784. The van der Waals surface area contributed by atoms with Crippen LogP contribution in [0.1, 0.15) is 29.9 Å². The molecule has 1 aliphatic rings. The molecule has 0 atom stereocenters. The summed E-state index contributed by atoms with van der Waals surface area (Å²) in [6.07, 6.45) is 0.998. The average molecular weight is 292 g/mol. The number of halogens is 1. The number of fused-ring (bicyclic) bond motifs is 1. The van der Waals surface area contributed by atoms with E-state index in [1.165, 1.54) is 23.5 Å². The number of likely N-dealkylation sites (tertiary alicyclic amines) is 1. The van der Waals surface area contributed by atoms with Crippen molar-refractivity contribution in [2.45, 2.75) is 20.3 Å². The molecule has 3 rings (SSSR count). The molecule has 20 heavy (non-hydrogen) atoms. The minimum atomic E-state index is -0.330. The highest BCUT2D eigenvalue weighted by Gasteiger charge is 2.33. The number of nitrogens with zero attached hydrogens (tertiary/aromatic N) is 1. The van der Waals surface area contributed by atoms with Crippen molar-refractivity contribution in [1.29, 1.82) is 0 Å². The number of thiophene rings is 1. The molecule has 2 aromatic rings. The standard InChI is InChI=1S/C15H17FN2OS/c1-15(2)5-6-18(8-15)14(19)13-12(17)10-7-9(16)3-4-11(10)20-13/h3-4,7H,5-6,8,17H2,1-2H3. The second-order valence-electron chi connectivity index (χ2n) is 6.13. The highest BCUT2D eigenvalue weighted by atomic mass is 32.1. The van der Waals surface area contributed by atoms with E-state index in [4.69, 9.17) is 5.73 Å². The Morgan fingerprint density at radius 3 is 2.85 bits per heavy atom. The predicted molar refractivity (Wildman–Crippen MR) is 80.5 cm³/mol. The maximum absolute atomic E-state index is 13.3. The third kappa shape index (κ3) is 2.16. The van der Waals surface area contributed by atoms with Gasteiger partial charge in [-0.1, -0.05) is 13.8 Å². The minimum absolute atomic E-state index is 0.0327. The summed E-state index contributed by atoms with van der Waals surface area (Å²) in [6.45, 7) is 5.82. The van der Waals surface area contributed by atoms with Crippen molar-refractivity contribution < 1.29 is 9.18 Å². The molecule has 0 saturated carbocycles. The monoisotopic (exact) mass is 292 g/mol. The predicted octanol–water partition coefficient (Wildman–Crippen LogP) is 3.49. The number of hydrogen-bond donors (Lipinski definition) is 1. The smallest absolute Gasteiger partial charge is 0.266 e. The number of carbonyl (C=O) groups is 1. The Labute approximate surface area is 121 Å². The molecule has 1 aliphatic heterocycles. The van der Waals surface area contributed by atoms with Gasteiger partial charge in [0, 0.05) is 23.2 Å². The first-order valence-electron chi connectivity index (χ1n) is 6.64. The molecule has 0 aliphatic carbocycles. The minimum Gasteiger partial charge on any atom is -0.397 e. The Morgan fingerprint density at radius 1 is 1.45 bits per heavy atom. The van der Waals surface area contributed by atoms with Crippen LogP contribution in [0.15, 0.2) is 18.2 Å². The van der Waals surface area contributed by atoms with Gasteiger partial charge in [0.1, 0.15) is 10.7 Å². The van der Waals surface area contributed by atoms with Crippen LogP contribution in [0.5, 0.6) is 0 Å². The van der Waals surface area contributed by atoms with Gasteiger partial charge >= 0.3 is 0 Å². The molecule has 1 amide bonds. The summed E-state index contributed by atoms with van der Waals surface area (Å²) in [7, 11) is 0. The first-order valence-corrected chi connectivity index (χ1v) is 7.46. The van der Waals surface area contributed by atoms with Crippen molar-refractivity contribution in [1.82, 2.24) is 4.90 Å². The maximum atomic E-state index is 13.3. The number of nitrogen functional groups attached to an aromatic ring is 1. The Morgan fingerprint density at radius 2 is 2.20 bits per heavy atom. The number of anilines is 1. The summed E-state index contributed by atoms with van der Waals surface area (Å²) in [5, 5.41) is 0.636. The fourth-order valence-electron chi connectivity index (χ4n) is 2.68. The average Bonchev–Trinajstić information content (AvgIpc) is 2.90. The summed E-state index contributed by atoms with van der Waals surface area (Å²) in [5.74, 6) is -0.363. The molecule has 5 heteroatoms.